The second-order valence-electron chi connectivity index (χ2n) is 4.19. The van der Waals surface area contributed by atoms with Crippen molar-refractivity contribution in [1.82, 2.24) is 9.13 Å². The molecule has 0 aliphatic heterocycles. The molecular weight excluding hydrogens is 230 g/mol. The highest BCUT2D eigenvalue weighted by Crippen LogP contribution is 2.23. The van der Waals surface area contributed by atoms with E-state index in [1.807, 2.05) is 24.3 Å². The molecule has 5 heteroatoms. The molecule has 1 unspecified atom stereocenters. The lowest BCUT2D eigenvalue weighted by molar-refractivity contribution is 0.401. The van der Waals surface area contributed by atoms with E-state index in [9.17, 15) is 4.79 Å². The van der Waals surface area contributed by atoms with Crippen molar-refractivity contribution in [3.05, 3.63) is 52.7 Å². The van der Waals surface area contributed by atoms with Crippen molar-refractivity contribution in [2.24, 2.45) is 12.8 Å². The predicted octanol–water partition coefficient (Wildman–Crippen LogP) is 0.895. The van der Waals surface area contributed by atoms with Gasteiger partial charge in [-0.05, 0) is 6.07 Å². The van der Waals surface area contributed by atoms with E-state index in [1.54, 1.807) is 31.1 Å². The van der Waals surface area contributed by atoms with Crippen molar-refractivity contribution >= 4 is 0 Å². The van der Waals surface area contributed by atoms with Crippen molar-refractivity contribution in [3.8, 4) is 5.75 Å². The molecule has 0 saturated heterocycles. The molecule has 2 N–H and O–H groups in total. The first-order valence-electron chi connectivity index (χ1n) is 5.73. The summed E-state index contributed by atoms with van der Waals surface area (Å²) in [4.78, 5) is 11.7. The Morgan fingerprint density at radius 1 is 1.33 bits per heavy atom. The highest BCUT2D eigenvalue weighted by atomic mass is 16.5. The second-order valence-corrected chi connectivity index (χ2v) is 4.19. The molecule has 0 spiro atoms. The molecule has 0 radical (unpaired) electrons. The molecule has 2 aromatic rings. The van der Waals surface area contributed by atoms with Crippen LogP contribution in [0.25, 0.3) is 0 Å². The zero-order valence-electron chi connectivity index (χ0n) is 10.5. The minimum absolute atomic E-state index is 0.0691. The van der Waals surface area contributed by atoms with Gasteiger partial charge in [-0.25, -0.2) is 4.79 Å². The van der Waals surface area contributed by atoms with Crippen molar-refractivity contribution in [2.75, 3.05) is 7.11 Å². The molecule has 0 fully saturated rings. The Bertz CT molecular complexity index is 586. The number of methoxy groups -OCH3 is 1. The maximum atomic E-state index is 11.7. The van der Waals surface area contributed by atoms with Crippen LogP contribution in [0.4, 0.5) is 0 Å². The molecule has 0 aliphatic carbocycles. The molecule has 5 nitrogen and oxygen atoms in total. The fourth-order valence-corrected chi connectivity index (χ4v) is 1.93. The molecule has 1 atom stereocenters. The Morgan fingerprint density at radius 3 is 2.67 bits per heavy atom. The van der Waals surface area contributed by atoms with Gasteiger partial charge < -0.3 is 15.0 Å². The summed E-state index contributed by atoms with van der Waals surface area (Å²) >= 11 is 0. The van der Waals surface area contributed by atoms with Gasteiger partial charge in [-0.1, -0.05) is 18.2 Å². The van der Waals surface area contributed by atoms with Crippen LogP contribution in [0.3, 0.4) is 0 Å². The Morgan fingerprint density at radius 2 is 2.06 bits per heavy atom. The number of aromatic nitrogens is 2. The average Bonchev–Trinajstić information content (AvgIpc) is 2.70. The number of hydrogen-bond acceptors (Lipinski definition) is 3. The molecule has 96 valence electrons. The first-order chi connectivity index (χ1) is 8.63. The number of rotatable bonds is 4. The molecular formula is C13H17N3O2. The Balaban J connectivity index is 2.24. The zero-order chi connectivity index (χ0) is 13.1. The predicted molar refractivity (Wildman–Crippen MR) is 69.6 cm³/mol. The maximum absolute atomic E-state index is 11.7. The third-order valence-corrected chi connectivity index (χ3v) is 2.95. The minimum atomic E-state index is -0.277. The summed E-state index contributed by atoms with van der Waals surface area (Å²) in [6, 6.07) is 7.30. The number of benzene rings is 1. The standard InChI is InChI=1S/C13H17N3O2/c1-15-7-8-16(13(15)17)9-11(14)10-5-3-4-6-12(10)18-2/h3-8,11H,9,14H2,1-2H3. The van der Waals surface area contributed by atoms with Crippen LogP contribution in [0.15, 0.2) is 41.5 Å². The fourth-order valence-electron chi connectivity index (χ4n) is 1.93. The normalized spacial score (nSPS) is 12.4. The zero-order valence-corrected chi connectivity index (χ0v) is 10.5. The molecule has 0 aliphatic rings. The second kappa shape index (κ2) is 5.10. The van der Waals surface area contributed by atoms with E-state index in [0.29, 0.717) is 6.54 Å². The number of nitrogens with zero attached hydrogens (tertiary/aromatic N) is 2. The number of ether oxygens (including phenoxy) is 1. The first-order valence-corrected chi connectivity index (χ1v) is 5.73. The molecule has 1 aromatic heterocycles. The van der Waals surface area contributed by atoms with Crippen LogP contribution in [0, 0.1) is 0 Å². The summed E-state index contributed by atoms with van der Waals surface area (Å²) in [6.45, 7) is 0.431. The van der Waals surface area contributed by atoms with Gasteiger partial charge in [-0.3, -0.25) is 4.57 Å². The van der Waals surface area contributed by atoms with E-state index in [1.165, 1.54) is 4.57 Å². The van der Waals surface area contributed by atoms with Gasteiger partial charge in [0.15, 0.2) is 0 Å². The lowest BCUT2D eigenvalue weighted by atomic mass is 10.1. The van der Waals surface area contributed by atoms with E-state index in [4.69, 9.17) is 10.5 Å². The molecule has 2 rings (SSSR count). The summed E-state index contributed by atoms with van der Waals surface area (Å²) in [7, 11) is 3.33. The SMILES string of the molecule is COc1ccccc1C(N)Cn1ccn(C)c1=O. The van der Waals surface area contributed by atoms with Gasteiger partial charge >= 0.3 is 5.69 Å². The lowest BCUT2D eigenvalue weighted by Crippen LogP contribution is -2.27. The quantitative estimate of drug-likeness (QED) is 0.873. The monoisotopic (exact) mass is 247 g/mol. The van der Waals surface area contributed by atoms with Crippen LogP contribution in [-0.4, -0.2) is 16.2 Å². The van der Waals surface area contributed by atoms with Crippen LogP contribution in [0.1, 0.15) is 11.6 Å². The minimum Gasteiger partial charge on any atom is -0.496 e. The van der Waals surface area contributed by atoms with Crippen LogP contribution in [0.5, 0.6) is 5.75 Å². The Hall–Kier alpha value is -2.01. The fraction of sp³-hybridized carbons (Fsp3) is 0.308. The van der Waals surface area contributed by atoms with Crippen LogP contribution in [0.2, 0.25) is 0 Å². The van der Waals surface area contributed by atoms with Gasteiger partial charge in [0.1, 0.15) is 5.75 Å². The van der Waals surface area contributed by atoms with Gasteiger partial charge in [-0.15, -0.1) is 0 Å². The number of nitrogens with two attached hydrogens (primary N) is 1. The maximum Gasteiger partial charge on any atom is 0.327 e. The van der Waals surface area contributed by atoms with Gasteiger partial charge in [0.2, 0.25) is 0 Å². The van der Waals surface area contributed by atoms with Crippen molar-refractivity contribution in [3.63, 3.8) is 0 Å². The van der Waals surface area contributed by atoms with E-state index in [-0.39, 0.29) is 11.7 Å². The topological polar surface area (TPSA) is 62.2 Å². The Kier molecular flexibility index (Phi) is 3.53. The number of para-hydroxylation sites is 1. The number of aryl methyl sites for hydroxylation is 1. The van der Waals surface area contributed by atoms with Gasteiger partial charge in [0, 0.05) is 31.5 Å². The smallest absolute Gasteiger partial charge is 0.327 e. The molecule has 18 heavy (non-hydrogen) atoms. The average molecular weight is 247 g/mol. The summed E-state index contributed by atoms with van der Waals surface area (Å²) in [6.07, 6.45) is 3.45. The van der Waals surface area contributed by atoms with Crippen molar-refractivity contribution < 1.29 is 4.74 Å². The highest BCUT2D eigenvalue weighted by molar-refractivity contribution is 5.35. The first kappa shape index (κ1) is 12.4. The summed E-state index contributed by atoms with van der Waals surface area (Å²) in [5.41, 5.74) is 6.96. The molecule has 0 bridgehead atoms. The molecule has 0 saturated carbocycles. The van der Waals surface area contributed by atoms with Gasteiger partial charge in [-0.2, -0.15) is 0 Å². The Labute approximate surface area is 105 Å². The van der Waals surface area contributed by atoms with Crippen LogP contribution < -0.4 is 16.2 Å². The van der Waals surface area contributed by atoms with Crippen molar-refractivity contribution in [1.29, 1.82) is 0 Å². The molecule has 0 amide bonds. The van der Waals surface area contributed by atoms with Crippen LogP contribution >= 0.6 is 0 Å². The lowest BCUT2D eigenvalue weighted by Gasteiger charge is -2.15. The van der Waals surface area contributed by atoms with E-state index in [0.717, 1.165) is 11.3 Å². The van der Waals surface area contributed by atoms with Gasteiger partial charge in [0.25, 0.3) is 0 Å². The number of hydrogen-bond donors (Lipinski definition) is 1. The number of imidazole rings is 1. The molecule has 1 heterocycles. The largest absolute Gasteiger partial charge is 0.496 e. The van der Waals surface area contributed by atoms with Crippen molar-refractivity contribution in [2.45, 2.75) is 12.6 Å². The third-order valence-electron chi connectivity index (χ3n) is 2.95. The molecule has 1 aromatic carbocycles. The summed E-state index contributed by atoms with van der Waals surface area (Å²) < 4.78 is 8.38. The van der Waals surface area contributed by atoms with E-state index in [2.05, 4.69) is 0 Å². The summed E-state index contributed by atoms with van der Waals surface area (Å²) in [5.74, 6) is 0.744. The highest BCUT2D eigenvalue weighted by Gasteiger charge is 2.13. The van der Waals surface area contributed by atoms with Gasteiger partial charge in [0.05, 0.1) is 13.2 Å². The summed E-state index contributed by atoms with van der Waals surface area (Å²) in [5, 5.41) is 0. The van der Waals surface area contributed by atoms with E-state index < -0.39 is 0 Å². The van der Waals surface area contributed by atoms with E-state index >= 15 is 0 Å². The van der Waals surface area contributed by atoms with Crippen LogP contribution in [-0.2, 0) is 13.6 Å². The third kappa shape index (κ3) is 2.31.